The fraction of sp³-hybridized carbons (Fsp3) is 0.130. The third kappa shape index (κ3) is 6.77. The number of thioether (sulfide) groups is 1. The first-order valence-corrected chi connectivity index (χ1v) is 12.5. The summed E-state index contributed by atoms with van der Waals surface area (Å²) in [5, 5.41) is 15.1. The fourth-order valence-electron chi connectivity index (χ4n) is 2.72. The van der Waals surface area contributed by atoms with Crippen LogP contribution in [0.25, 0.3) is 0 Å². The molecule has 0 atom stereocenters. The first kappa shape index (κ1) is 23.2. The van der Waals surface area contributed by atoms with Crippen LogP contribution in [0.2, 0.25) is 0 Å². The molecule has 2 aromatic heterocycles. The summed E-state index contributed by atoms with van der Waals surface area (Å²) in [4.78, 5) is 16.5. The third-order valence-corrected chi connectivity index (χ3v) is 7.05. The second kappa shape index (κ2) is 10.8. The van der Waals surface area contributed by atoms with Crippen LogP contribution in [0.1, 0.15) is 11.1 Å². The number of benzene rings is 2. The van der Waals surface area contributed by atoms with Gasteiger partial charge in [0.1, 0.15) is 5.75 Å². The maximum absolute atomic E-state index is 12.3. The smallest absolute Gasteiger partial charge is 0.234 e. The fourth-order valence-corrected chi connectivity index (χ4v) is 4.56. The van der Waals surface area contributed by atoms with Crippen LogP contribution in [0.15, 0.2) is 69.6 Å². The number of hydrogen-bond donors (Lipinski definition) is 2. The number of aryl methyl sites for hydroxylation is 2. The number of anilines is 3. The Hall–Kier alpha value is -2.95. The molecule has 10 heteroatoms. The second-order valence-electron chi connectivity index (χ2n) is 7.08. The third-order valence-electron chi connectivity index (χ3n) is 4.55. The highest BCUT2D eigenvalue weighted by molar-refractivity contribution is 9.10. The van der Waals surface area contributed by atoms with Crippen molar-refractivity contribution < 1.29 is 9.53 Å². The summed E-state index contributed by atoms with van der Waals surface area (Å²) < 4.78 is 7.38. The number of carbonyl (C=O) groups excluding carboxylic acids is 1. The number of carbonyl (C=O) groups is 1. The Kier molecular flexibility index (Phi) is 7.58. The summed E-state index contributed by atoms with van der Waals surface area (Å²) in [5.41, 5.74) is 4.00. The molecule has 4 aromatic rings. The number of nitrogens with zero attached hydrogens (tertiary/aromatic N) is 3. The molecule has 7 nitrogen and oxygen atoms in total. The molecule has 0 radical (unpaired) electrons. The summed E-state index contributed by atoms with van der Waals surface area (Å²) in [6.45, 7) is 4.14. The van der Waals surface area contributed by atoms with E-state index in [2.05, 4.69) is 67.7 Å². The minimum atomic E-state index is -0.151. The Morgan fingerprint density at radius 1 is 1.03 bits per heavy atom. The van der Waals surface area contributed by atoms with Gasteiger partial charge < -0.3 is 15.4 Å². The van der Waals surface area contributed by atoms with E-state index in [4.69, 9.17) is 4.74 Å². The van der Waals surface area contributed by atoms with Crippen LogP contribution in [-0.2, 0) is 4.79 Å². The topological polar surface area (TPSA) is 89.0 Å². The van der Waals surface area contributed by atoms with Gasteiger partial charge in [0.2, 0.25) is 16.9 Å². The van der Waals surface area contributed by atoms with Gasteiger partial charge in [-0.05, 0) is 67.4 Å². The number of hydrogen-bond acceptors (Lipinski definition) is 8. The lowest BCUT2D eigenvalue weighted by molar-refractivity contribution is -0.113. The number of aromatic nitrogens is 3. The first-order chi connectivity index (χ1) is 15.9. The first-order valence-electron chi connectivity index (χ1n) is 9.94. The molecule has 0 unspecified atom stereocenters. The van der Waals surface area contributed by atoms with Crippen LogP contribution in [0, 0.1) is 13.8 Å². The lowest BCUT2D eigenvalue weighted by Crippen LogP contribution is -2.14. The Morgan fingerprint density at radius 3 is 2.55 bits per heavy atom. The molecular formula is C23H20BrN5O2S2. The van der Waals surface area contributed by atoms with Gasteiger partial charge in [0, 0.05) is 16.2 Å². The standard InChI is InChI=1S/C23H20BrN5O2S2/c1-14-3-6-17(11-15(14)2)27-22-28-29-23(33-22)32-13-20(30)26-18-7-10-21(25-12-18)31-19-8-4-16(24)5-9-19/h3-12H,13H2,1-2H3,(H,26,30)(H,27,28). The summed E-state index contributed by atoms with van der Waals surface area (Å²) in [6, 6.07) is 17.1. The van der Waals surface area contributed by atoms with Crippen molar-refractivity contribution >= 4 is 61.4 Å². The number of ether oxygens (including phenoxy) is 1. The van der Waals surface area contributed by atoms with Crippen molar-refractivity contribution in [1.29, 1.82) is 0 Å². The normalized spacial score (nSPS) is 10.6. The number of halogens is 1. The lowest BCUT2D eigenvalue weighted by Gasteiger charge is -2.07. The molecule has 0 spiro atoms. The van der Waals surface area contributed by atoms with Gasteiger partial charge >= 0.3 is 0 Å². The minimum Gasteiger partial charge on any atom is -0.439 e. The number of rotatable bonds is 8. The SMILES string of the molecule is Cc1ccc(Nc2nnc(SCC(=O)Nc3ccc(Oc4ccc(Br)cc4)nc3)s2)cc1C. The average Bonchev–Trinajstić information content (AvgIpc) is 3.25. The zero-order valence-corrected chi connectivity index (χ0v) is 21.1. The van der Waals surface area contributed by atoms with Crippen molar-refractivity contribution in [2.24, 2.45) is 0 Å². The van der Waals surface area contributed by atoms with Crippen molar-refractivity contribution in [3.63, 3.8) is 0 Å². The number of nitrogens with one attached hydrogen (secondary N) is 2. The molecule has 2 aromatic carbocycles. The van der Waals surface area contributed by atoms with Crippen LogP contribution in [0.5, 0.6) is 11.6 Å². The summed E-state index contributed by atoms with van der Waals surface area (Å²) in [5.74, 6) is 1.20. The molecule has 0 saturated carbocycles. The largest absolute Gasteiger partial charge is 0.439 e. The second-order valence-corrected chi connectivity index (χ2v) is 10.2. The highest BCUT2D eigenvalue weighted by atomic mass is 79.9. The van der Waals surface area contributed by atoms with E-state index in [1.54, 1.807) is 18.3 Å². The molecule has 1 amide bonds. The zero-order valence-electron chi connectivity index (χ0n) is 17.8. The Morgan fingerprint density at radius 2 is 1.82 bits per heavy atom. The quantitative estimate of drug-likeness (QED) is 0.243. The van der Waals surface area contributed by atoms with Gasteiger partial charge in [-0.25, -0.2) is 4.98 Å². The average molecular weight is 542 g/mol. The molecule has 0 fully saturated rings. The predicted molar refractivity (Wildman–Crippen MR) is 137 cm³/mol. The highest BCUT2D eigenvalue weighted by Gasteiger charge is 2.10. The zero-order chi connectivity index (χ0) is 23.2. The molecule has 0 aliphatic rings. The van der Waals surface area contributed by atoms with Gasteiger partial charge in [0.25, 0.3) is 0 Å². The van der Waals surface area contributed by atoms with Crippen LogP contribution in [-0.4, -0.2) is 26.8 Å². The van der Waals surface area contributed by atoms with Crippen LogP contribution >= 0.6 is 39.0 Å². The van der Waals surface area contributed by atoms with Crippen LogP contribution in [0.3, 0.4) is 0 Å². The van der Waals surface area contributed by atoms with E-state index in [1.165, 1.54) is 34.2 Å². The Bertz CT molecular complexity index is 1250. The monoisotopic (exact) mass is 541 g/mol. The number of amides is 1. The highest BCUT2D eigenvalue weighted by Crippen LogP contribution is 2.28. The molecule has 0 aliphatic heterocycles. The van der Waals surface area contributed by atoms with Crippen LogP contribution < -0.4 is 15.4 Å². The van der Waals surface area contributed by atoms with Gasteiger partial charge in [-0.15, -0.1) is 10.2 Å². The van der Waals surface area contributed by atoms with Gasteiger partial charge in [-0.2, -0.15) is 0 Å². The summed E-state index contributed by atoms with van der Waals surface area (Å²) in [6.07, 6.45) is 1.56. The van der Waals surface area contributed by atoms with Gasteiger partial charge in [-0.3, -0.25) is 4.79 Å². The van der Waals surface area contributed by atoms with Crippen LogP contribution in [0.4, 0.5) is 16.5 Å². The predicted octanol–water partition coefficient (Wildman–Crippen LogP) is 6.58. The van der Waals surface area contributed by atoms with E-state index in [1.807, 2.05) is 30.3 Å². The van der Waals surface area contributed by atoms with Crippen molar-refractivity contribution in [1.82, 2.24) is 15.2 Å². The van der Waals surface area contributed by atoms with E-state index in [0.717, 1.165) is 10.2 Å². The van der Waals surface area contributed by atoms with E-state index >= 15 is 0 Å². The van der Waals surface area contributed by atoms with Gasteiger partial charge in [0.05, 0.1) is 17.6 Å². The molecule has 2 heterocycles. The lowest BCUT2D eigenvalue weighted by atomic mass is 10.1. The van der Waals surface area contributed by atoms with E-state index in [0.29, 0.717) is 26.8 Å². The number of pyridine rings is 1. The molecule has 168 valence electrons. The maximum atomic E-state index is 12.3. The van der Waals surface area contributed by atoms with Gasteiger partial charge in [-0.1, -0.05) is 45.1 Å². The summed E-state index contributed by atoms with van der Waals surface area (Å²) in [7, 11) is 0. The van der Waals surface area contributed by atoms with Crippen molar-refractivity contribution in [2.75, 3.05) is 16.4 Å². The Labute approximate surface area is 208 Å². The molecule has 4 rings (SSSR count). The van der Waals surface area contributed by atoms with Gasteiger partial charge in [0.15, 0.2) is 4.34 Å². The maximum Gasteiger partial charge on any atom is 0.234 e. The van der Waals surface area contributed by atoms with Crippen molar-refractivity contribution in [2.45, 2.75) is 18.2 Å². The summed E-state index contributed by atoms with van der Waals surface area (Å²) >= 11 is 6.13. The van der Waals surface area contributed by atoms with E-state index in [9.17, 15) is 4.79 Å². The minimum absolute atomic E-state index is 0.151. The Balaban J connectivity index is 1.25. The molecule has 0 bridgehead atoms. The van der Waals surface area contributed by atoms with E-state index in [-0.39, 0.29) is 11.7 Å². The molecule has 0 saturated heterocycles. The van der Waals surface area contributed by atoms with Crippen molar-refractivity contribution in [3.8, 4) is 11.6 Å². The van der Waals surface area contributed by atoms with E-state index < -0.39 is 0 Å². The molecule has 33 heavy (non-hydrogen) atoms. The molecular weight excluding hydrogens is 522 g/mol. The molecule has 2 N–H and O–H groups in total. The van der Waals surface area contributed by atoms with Crippen molar-refractivity contribution in [3.05, 3.63) is 76.4 Å². The molecule has 0 aliphatic carbocycles.